The lowest BCUT2D eigenvalue weighted by molar-refractivity contribution is 0.0939. The Hall–Kier alpha value is -2.49. The van der Waals surface area contributed by atoms with Crippen LogP contribution in [0, 0.1) is 0 Å². The third kappa shape index (κ3) is 5.75. The number of benzene rings is 2. The first kappa shape index (κ1) is 20.8. The van der Waals surface area contributed by atoms with E-state index in [2.05, 4.69) is 32.2 Å². The lowest BCUT2D eigenvalue weighted by Gasteiger charge is -2.17. The zero-order chi connectivity index (χ0) is 19.8. The molecule has 0 radical (unpaired) electrons. The van der Waals surface area contributed by atoms with Crippen LogP contribution in [0.15, 0.2) is 42.5 Å². The molecule has 1 atom stereocenters. The molecule has 4 heteroatoms. The molecule has 0 aliphatic rings. The molecule has 2 rings (SSSR count). The summed E-state index contributed by atoms with van der Waals surface area (Å²) in [5.74, 6) is 1.92. The van der Waals surface area contributed by atoms with Crippen LogP contribution in [-0.4, -0.2) is 18.6 Å². The van der Waals surface area contributed by atoms with Crippen LogP contribution in [0.3, 0.4) is 0 Å². The number of carbonyl (C=O) groups excluding carboxylic acids is 1. The topological polar surface area (TPSA) is 47.6 Å². The van der Waals surface area contributed by atoms with E-state index in [4.69, 9.17) is 9.47 Å². The minimum absolute atomic E-state index is 0.0729. The fourth-order valence-corrected chi connectivity index (χ4v) is 2.78. The Kier molecular flexibility index (Phi) is 7.71. The zero-order valence-corrected chi connectivity index (χ0v) is 17.0. The Labute approximate surface area is 162 Å². The number of hydrogen-bond acceptors (Lipinski definition) is 3. The molecule has 1 amide bonds. The summed E-state index contributed by atoms with van der Waals surface area (Å²) in [6.45, 7) is 11.2. The lowest BCUT2D eigenvalue weighted by Crippen LogP contribution is -2.32. The summed E-state index contributed by atoms with van der Waals surface area (Å²) in [6.07, 6.45) is 0.894. The molecule has 0 aliphatic heterocycles. The molecule has 146 valence electrons. The summed E-state index contributed by atoms with van der Waals surface area (Å²) in [5.41, 5.74) is 2.66. The summed E-state index contributed by atoms with van der Waals surface area (Å²) >= 11 is 0. The Morgan fingerprint density at radius 3 is 2.41 bits per heavy atom. The fourth-order valence-electron chi connectivity index (χ4n) is 2.78. The maximum absolute atomic E-state index is 12.5. The Morgan fingerprint density at radius 1 is 1.00 bits per heavy atom. The maximum Gasteiger partial charge on any atom is 0.251 e. The van der Waals surface area contributed by atoms with Crippen LogP contribution >= 0.6 is 0 Å². The van der Waals surface area contributed by atoms with Gasteiger partial charge in [-0.25, -0.2) is 0 Å². The van der Waals surface area contributed by atoms with E-state index in [0.29, 0.717) is 24.7 Å². The highest BCUT2D eigenvalue weighted by Crippen LogP contribution is 2.28. The molecule has 0 aromatic heterocycles. The molecule has 4 nitrogen and oxygen atoms in total. The first-order valence-electron chi connectivity index (χ1n) is 9.74. The molecule has 0 heterocycles. The molecule has 2 aromatic rings. The largest absolute Gasteiger partial charge is 0.493 e. The van der Waals surface area contributed by atoms with Crippen LogP contribution in [0.4, 0.5) is 0 Å². The van der Waals surface area contributed by atoms with E-state index in [1.807, 2.05) is 44.2 Å². The standard InChI is InChI=1S/C23H31NO3/c1-6-17(5)24-23(25)18-12-13-21(26-7-2)19(14-18)15-27-22-11-9-8-10-20(22)16(3)4/h8-14,16-17H,6-7,15H2,1-5H3,(H,24,25)/t17-/m0/s1. The minimum atomic E-state index is -0.0729. The predicted octanol–water partition coefficient (Wildman–Crippen LogP) is 5.32. The van der Waals surface area contributed by atoms with Gasteiger partial charge in [-0.1, -0.05) is 39.0 Å². The van der Waals surface area contributed by atoms with E-state index in [1.54, 1.807) is 6.07 Å². The molecular formula is C23H31NO3. The second-order valence-electron chi connectivity index (χ2n) is 7.02. The van der Waals surface area contributed by atoms with E-state index in [9.17, 15) is 4.79 Å². The fraction of sp³-hybridized carbons (Fsp3) is 0.435. The van der Waals surface area contributed by atoms with Crippen LogP contribution in [0.5, 0.6) is 11.5 Å². The van der Waals surface area contributed by atoms with Gasteiger partial charge in [0.15, 0.2) is 0 Å². The van der Waals surface area contributed by atoms with Gasteiger partial charge in [0.2, 0.25) is 0 Å². The van der Waals surface area contributed by atoms with Gasteiger partial charge in [0.05, 0.1) is 6.61 Å². The molecule has 0 spiro atoms. The highest BCUT2D eigenvalue weighted by molar-refractivity contribution is 5.94. The molecule has 0 aliphatic carbocycles. The number of nitrogens with one attached hydrogen (secondary N) is 1. The molecule has 0 fully saturated rings. The van der Waals surface area contributed by atoms with Crippen LogP contribution in [0.2, 0.25) is 0 Å². The van der Waals surface area contributed by atoms with Crippen LogP contribution in [0.25, 0.3) is 0 Å². The van der Waals surface area contributed by atoms with E-state index < -0.39 is 0 Å². The Bertz CT molecular complexity index is 755. The summed E-state index contributed by atoms with van der Waals surface area (Å²) in [6, 6.07) is 13.7. The quantitative estimate of drug-likeness (QED) is 0.651. The van der Waals surface area contributed by atoms with Crippen molar-refractivity contribution in [2.24, 2.45) is 0 Å². The molecule has 0 saturated heterocycles. The maximum atomic E-state index is 12.5. The smallest absolute Gasteiger partial charge is 0.251 e. The number of hydrogen-bond donors (Lipinski definition) is 1. The van der Waals surface area contributed by atoms with Crippen LogP contribution in [0.1, 0.15) is 68.4 Å². The van der Waals surface area contributed by atoms with Crippen molar-refractivity contribution >= 4 is 5.91 Å². The molecule has 2 aromatic carbocycles. The number of rotatable bonds is 9. The zero-order valence-electron chi connectivity index (χ0n) is 17.0. The molecular weight excluding hydrogens is 338 g/mol. The van der Waals surface area contributed by atoms with Gasteiger partial charge in [-0.2, -0.15) is 0 Å². The normalized spacial score (nSPS) is 11.9. The highest BCUT2D eigenvalue weighted by atomic mass is 16.5. The average Bonchev–Trinajstić information content (AvgIpc) is 2.67. The van der Waals surface area contributed by atoms with E-state index >= 15 is 0 Å². The molecule has 27 heavy (non-hydrogen) atoms. The third-order valence-electron chi connectivity index (χ3n) is 4.54. The van der Waals surface area contributed by atoms with Crippen molar-refractivity contribution < 1.29 is 14.3 Å². The summed E-state index contributed by atoms with van der Waals surface area (Å²) < 4.78 is 11.8. The van der Waals surface area contributed by atoms with Gasteiger partial charge >= 0.3 is 0 Å². The second-order valence-corrected chi connectivity index (χ2v) is 7.02. The average molecular weight is 370 g/mol. The van der Waals surface area contributed by atoms with E-state index in [0.717, 1.165) is 23.5 Å². The number of para-hydroxylation sites is 1. The number of amides is 1. The summed E-state index contributed by atoms with van der Waals surface area (Å²) in [7, 11) is 0. The summed E-state index contributed by atoms with van der Waals surface area (Å²) in [5, 5.41) is 3.00. The monoisotopic (exact) mass is 369 g/mol. The van der Waals surface area contributed by atoms with E-state index in [-0.39, 0.29) is 11.9 Å². The van der Waals surface area contributed by atoms with Crippen molar-refractivity contribution in [3.63, 3.8) is 0 Å². The van der Waals surface area contributed by atoms with E-state index in [1.165, 1.54) is 5.56 Å². The van der Waals surface area contributed by atoms with Gasteiger partial charge in [0.25, 0.3) is 5.91 Å². The molecule has 0 unspecified atom stereocenters. The van der Waals surface area contributed by atoms with Gasteiger partial charge in [-0.3, -0.25) is 4.79 Å². The van der Waals surface area contributed by atoms with Crippen LogP contribution in [-0.2, 0) is 6.61 Å². The third-order valence-corrected chi connectivity index (χ3v) is 4.54. The predicted molar refractivity (Wildman–Crippen MR) is 110 cm³/mol. The SMILES string of the molecule is CCOc1ccc(C(=O)N[C@@H](C)CC)cc1COc1ccccc1C(C)C. The Morgan fingerprint density at radius 2 is 1.74 bits per heavy atom. The summed E-state index contributed by atoms with van der Waals surface area (Å²) in [4.78, 5) is 12.5. The van der Waals surface area contributed by atoms with Crippen molar-refractivity contribution in [2.45, 2.75) is 59.6 Å². The van der Waals surface area contributed by atoms with Crippen molar-refractivity contribution in [2.75, 3.05) is 6.61 Å². The van der Waals surface area contributed by atoms with Crippen molar-refractivity contribution in [1.82, 2.24) is 5.32 Å². The van der Waals surface area contributed by atoms with Crippen LogP contribution < -0.4 is 14.8 Å². The van der Waals surface area contributed by atoms with Gasteiger partial charge in [-0.05, 0) is 56.0 Å². The molecule has 0 bridgehead atoms. The number of ether oxygens (including phenoxy) is 2. The van der Waals surface area contributed by atoms with Crippen molar-refractivity contribution in [3.05, 3.63) is 59.2 Å². The first-order valence-corrected chi connectivity index (χ1v) is 9.74. The molecule has 0 saturated carbocycles. The van der Waals surface area contributed by atoms with Gasteiger partial charge in [0.1, 0.15) is 18.1 Å². The van der Waals surface area contributed by atoms with Gasteiger partial charge in [0, 0.05) is 17.2 Å². The molecule has 1 N–H and O–H groups in total. The van der Waals surface area contributed by atoms with Gasteiger partial charge < -0.3 is 14.8 Å². The lowest BCUT2D eigenvalue weighted by atomic mass is 10.0. The van der Waals surface area contributed by atoms with Gasteiger partial charge in [-0.15, -0.1) is 0 Å². The number of carbonyl (C=O) groups is 1. The first-order chi connectivity index (χ1) is 13.0. The van der Waals surface area contributed by atoms with Crippen molar-refractivity contribution in [1.29, 1.82) is 0 Å². The second kappa shape index (κ2) is 10.0. The minimum Gasteiger partial charge on any atom is -0.493 e. The Balaban J connectivity index is 2.23. The van der Waals surface area contributed by atoms with Crippen molar-refractivity contribution in [3.8, 4) is 11.5 Å². The highest BCUT2D eigenvalue weighted by Gasteiger charge is 2.14.